The Morgan fingerprint density at radius 3 is 2.30 bits per heavy atom. The first kappa shape index (κ1) is 15.3. The molecule has 0 atom stereocenters. The van der Waals surface area contributed by atoms with Crippen LogP contribution in [0.4, 0.5) is 17.3 Å². The second-order valence-corrected chi connectivity index (χ2v) is 5.87. The third kappa shape index (κ3) is 3.70. The zero-order valence-electron chi connectivity index (χ0n) is 11.4. The standard InChI is InChI=1S/C14H16Br2N4/c1-3-11-18-12(17-4-2)8-13(19-11)20-14-9(15)6-5-7-10(14)16/h5-8H,3-4H2,1-2H3,(H2,17,18,19,20). The van der Waals surface area contributed by atoms with Crippen molar-refractivity contribution in [3.63, 3.8) is 0 Å². The summed E-state index contributed by atoms with van der Waals surface area (Å²) in [6.45, 7) is 4.92. The molecule has 1 aromatic carbocycles. The molecule has 0 fully saturated rings. The Labute approximate surface area is 135 Å². The summed E-state index contributed by atoms with van der Waals surface area (Å²) in [4.78, 5) is 8.95. The molecule has 0 spiro atoms. The third-order valence-electron chi connectivity index (χ3n) is 2.66. The van der Waals surface area contributed by atoms with Gasteiger partial charge in [-0.3, -0.25) is 0 Å². The fourth-order valence-corrected chi connectivity index (χ4v) is 2.93. The zero-order chi connectivity index (χ0) is 14.5. The van der Waals surface area contributed by atoms with Crippen molar-refractivity contribution in [2.75, 3.05) is 17.2 Å². The Bertz CT molecular complexity index is 581. The maximum atomic E-state index is 4.51. The molecule has 0 radical (unpaired) electrons. The van der Waals surface area contributed by atoms with E-state index in [1.807, 2.05) is 38.1 Å². The zero-order valence-corrected chi connectivity index (χ0v) is 14.5. The van der Waals surface area contributed by atoms with Crippen LogP contribution in [0.25, 0.3) is 0 Å². The third-order valence-corrected chi connectivity index (χ3v) is 3.98. The summed E-state index contributed by atoms with van der Waals surface area (Å²) >= 11 is 7.08. The molecule has 6 heteroatoms. The minimum atomic E-state index is 0.778. The Hall–Kier alpha value is -1.14. The van der Waals surface area contributed by atoms with Crippen LogP contribution in [0.1, 0.15) is 19.7 Å². The second kappa shape index (κ2) is 7.04. The van der Waals surface area contributed by atoms with Gasteiger partial charge < -0.3 is 10.6 Å². The molecule has 106 valence electrons. The lowest BCUT2D eigenvalue weighted by Crippen LogP contribution is -2.06. The predicted octanol–water partition coefficient (Wildman–Crippen LogP) is 4.74. The van der Waals surface area contributed by atoms with E-state index >= 15 is 0 Å². The van der Waals surface area contributed by atoms with E-state index in [2.05, 4.69) is 52.5 Å². The van der Waals surface area contributed by atoms with E-state index in [1.165, 1.54) is 0 Å². The van der Waals surface area contributed by atoms with Crippen LogP contribution in [-0.4, -0.2) is 16.5 Å². The molecule has 0 unspecified atom stereocenters. The molecule has 0 saturated heterocycles. The number of halogens is 2. The number of hydrogen-bond donors (Lipinski definition) is 2. The van der Waals surface area contributed by atoms with Gasteiger partial charge in [-0.15, -0.1) is 0 Å². The van der Waals surface area contributed by atoms with E-state index in [-0.39, 0.29) is 0 Å². The van der Waals surface area contributed by atoms with Gasteiger partial charge in [0.15, 0.2) is 0 Å². The predicted molar refractivity (Wildman–Crippen MR) is 90.7 cm³/mol. The van der Waals surface area contributed by atoms with Crippen molar-refractivity contribution >= 4 is 49.2 Å². The van der Waals surface area contributed by atoms with Crippen LogP contribution < -0.4 is 10.6 Å². The normalized spacial score (nSPS) is 10.4. The maximum Gasteiger partial charge on any atom is 0.136 e. The van der Waals surface area contributed by atoms with Crippen LogP contribution in [0.3, 0.4) is 0 Å². The van der Waals surface area contributed by atoms with Gasteiger partial charge in [-0.1, -0.05) is 13.0 Å². The van der Waals surface area contributed by atoms with Gasteiger partial charge in [-0.2, -0.15) is 0 Å². The van der Waals surface area contributed by atoms with Crippen molar-refractivity contribution in [2.24, 2.45) is 0 Å². The molecule has 0 saturated carbocycles. The van der Waals surface area contributed by atoms with Crippen LogP contribution in [0.5, 0.6) is 0 Å². The van der Waals surface area contributed by atoms with Crippen LogP contribution in [0, 0.1) is 0 Å². The molecule has 1 aromatic heterocycles. The number of benzene rings is 1. The summed E-state index contributed by atoms with van der Waals surface area (Å²) in [5.41, 5.74) is 0.954. The molecular weight excluding hydrogens is 384 g/mol. The number of hydrogen-bond acceptors (Lipinski definition) is 4. The van der Waals surface area contributed by atoms with Gasteiger partial charge in [0.2, 0.25) is 0 Å². The Kier molecular flexibility index (Phi) is 5.37. The van der Waals surface area contributed by atoms with E-state index in [9.17, 15) is 0 Å². The van der Waals surface area contributed by atoms with Crippen LogP contribution in [-0.2, 0) is 6.42 Å². The number of aromatic nitrogens is 2. The topological polar surface area (TPSA) is 49.8 Å². The molecule has 1 heterocycles. The van der Waals surface area contributed by atoms with E-state index in [1.54, 1.807) is 0 Å². The molecule has 0 bridgehead atoms. The number of nitrogens with zero attached hydrogens (tertiary/aromatic N) is 2. The molecule has 20 heavy (non-hydrogen) atoms. The van der Waals surface area contributed by atoms with Crippen LogP contribution in [0.15, 0.2) is 33.2 Å². The highest BCUT2D eigenvalue weighted by atomic mass is 79.9. The fraction of sp³-hybridized carbons (Fsp3) is 0.286. The average Bonchev–Trinajstić information content (AvgIpc) is 2.43. The largest absolute Gasteiger partial charge is 0.370 e. The highest BCUT2D eigenvalue weighted by molar-refractivity contribution is 9.11. The van der Waals surface area contributed by atoms with Crippen molar-refractivity contribution in [3.8, 4) is 0 Å². The molecule has 0 aliphatic heterocycles. The lowest BCUT2D eigenvalue weighted by molar-refractivity contribution is 0.939. The summed E-state index contributed by atoms with van der Waals surface area (Å²) in [6, 6.07) is 7.86. The van der Waals surface area contributed by atoms with Crippen molar-refractivity contribution in [2.45, 2.75) is 20.3 Å². The van der Waals surface area contributed by atoms with Crippen molar-refractivity contribution < 1.29 is 0 Å². The molecule has 2 rings (SSSR count). The van der Waals surface area contributed by atoms with Gasteiger partial charge in [-0.05, 0) is 50.9 Å². The summed E-state index contributed by atoms with van der Waals surface area (Å²) in [5, 5.41) is 6.55. The van der Waals surface area contributed by atoms with Gasteiger partial charge in [0.1, 0.15) is 17.5 Å². The molecule has 0 aliphatic rings. The van der Waals surface area contributed by atoms with Gasteiger partial charge in [-0.25, -0.2) is 9.97 Å². The Morgan fingerprint density at radius 2 is 1.70 bits per heavy atom. The van der Waals surface area contributed by atoms with Crippen LogP contribution >= 0.6 is 31.9 Å². The number of anilines is 3. The summed E-state index contributed by atoms with van der Waals surface area (Å²) in [7, 11) is 0. The van der Waals surface area contributed by atoms with Gasteiger partial charge >= 0.3 is 0 Å². The highest BCUT2D eigenvalue weighted by Gasteiger charge is 2.08. The molecular formula is C14H16Br2N4. The number of nitrogens with one attached hydrogen (secondary N) is 2. The number of para-hydroxylation sites is 1. The quantitative estimate of drug-likeness (QED) is 0.762. The van der Waals surface area contributed by atoms with E-state index in [0.29, 0.717) is 0 Å². The second-order valence-electron chi connectivity index (χ2n) is 4.16. The minimum absolute atomic E-state index is 0.778. The number of rotatable bonds is 5. The Morgan fingerprint density at radius 1 is 1.05 bits per heavy atom. The highest BCUT2D eigenvalue weighted by Crippen LogP contribution is 2.32. The van der Waals surface area contributed by atoms with Gasteiger partial charge in [0.05, 0.1) is 5.69 Å². The summed E-state index contributed by atoms with van der Waals surface area (Å²) in [5.74, 6) is 2.43. The average molecular weight is 400 g/mol. The first-order chi connectivity index (χ1) is 9.63. The Balaban J connectivity index is 2.35. The number of aryl methyl sites for hydroxylation is 1. The smallest absolute Gasteiger partial charge is 0.136 e. The molecule has 0 amide bonds. The van der Waals surface area contributed by atoms with E-state index in [0.717, 1.165) is 45.1 Å². The minimum Gasteiger partial charge on any atom is -0.370 e. The van der Waals surface area contributed by atoms with Gasteiger partial charge in [0, 0.05) is 28.0 Å². The SMILES string of the molecule is CCNc1cc(Nc2c(Br)cccc2Br)nc(CC)n1. The lowest BCUT2D eigenvalue weighted by atomic mass is 10.3. The van der Waals surface area contributed by atoms with E-state index in [4.69, 9.17) is 0 Å². The first-order valence-electron chi connectivity index (χ1n) is 6.47. The summed E-state index contributed by atoms with van der Waals surface area (Å²) in [6.07, 6.45) is 0.797. The lowest BCUT2D eigenvalue weighted by Gasteiger charge is -2.12. The van der Waals surface area contributed by atoms with Crippen molar-refractivity contribution in [1.82, 2.24) is 9.97 Å². The summed E-state index contributed by atoms with van der Waals surface area (Å²) < 4.78 is 1.96. The van der Waals surface area contributed by atoms with Crippen LogP contribution in [0.2, 0.25) is 0 Å². The maximum absolute atomic E-state index is 4.51. The van der Waals surface area contributed by atoms with Crippen molar-refractivity contribution in [3.05, 3.63) is 39.0 Å². The first-order valence-corrected chi connectivity index (χ1v) is 8.05. The molecule has 2 aromatic rings. The molecule has 2 N–H and O–H groups in total. The monoisotopic (exact) mass is 398 g/mol. The van der Waals surface area contributed by atoms with E-state index < -0.39 is 0 Å². The molecule has 4 nitrogen and oxygen atoms in total. The molecule has 0 aliphatic carbocycles. The van der Waals surface area contributed by atoms with Crippen molar-refractivity contribution in [1.29, 1.82) is 0 Å². The fourth-order valence-electron chi connectivity index (χ4n) is 1.74. The van der Waals surface area contributed by atoms with Gasteiger partial charge in [0.25, 0.3) is 0 Å².